The van der Waals surface area contributed by atoms with Gasteiger partial charge in [-0.15, -0.1) is 0 Å². The fraction of sp³-hybridized carbons (Fsp3) is 0.783. The molecule has 0 saturated carbocycles. The van der Waals surface area contributed by atoms with E-state index in [1.165, 1.54) is 0 Å². The van der Waals surface area contributed by atoms with Crippen molar-refractivity contribution in [1.29, 1.82) is 0 Å². The van der Waals surface area contributed by atoms with Gasteiger partial charge in [0.25, 0.3) is 0 Å². The lowest BCUT2D eigenvalue weighted by Gasteiger charge is -2.12. The molecule has 0 aliphatic carbocycles. The largest absolute Gasteiger partial charge is 0.390 e. The minimum Gasteiger partial charge on any atom is -0.390 e. The van der Waals surface area contributed by atoms with Gasteiger partial charge >= 0.3 is 0 Å². The molecule has 11 N–H and O–H groups in total. The molecule has 0 unspecified atom stereocenters. The number of nitrogens with one attached hydrogen (secondary N) is 1. The Hall–Kier alpha value is -2.41. The first-order chi connectivity index (χ1) is 16.1. The van der Waals surface area contributed by atoms with Crippen molar-refractivity contribution in [3.63, 3.8) is 0 Å². The van der Waals surface area contributed by atoms with Gasteiger partial charge in [0.15, 0.2) is 17.5 Å². The maximum Gasteiger partial charge on any atom is 0.185 e. The van der Waals surface area contributed by atoms with Crippen LogP contribution in [0.5, 0.6) is 0 Å². The maximum atomic E-state index is 11.3. The third-order valence-electron chi connectivity index (χ3n) is 4.44. The molecule has 0 spiro atoms. The van der Waals surface area contributed by atoms with Crippen LogP contribution in [0.25, 0.3) is 0 Å². The second-order valence-corrected chi connectivity index (χ2v) is 8.88. The zero-order chi connectivity index (χ0) is 28.1. The van der Waals surface area contributed by atoms with E-state index in [-0.39, 0.29) is 53.5 Å². The molecule has 0 heterocycles. The predicted molar refractivity (Wildman–Crippen MR) is 141 cm³/mol. The maximum absolute atomic E-state index is 11.3. The molecule has 0 aromatic heterocycles. The van der Waals surface area contributed by atoms with Crippen molar-refractivity contribution >= 4 is 29.6 Å². The monoisotopic (exact) mass is 503 g/mol. The molecule has 3 atom stereocenters. The van der Waals surface area contributed by atoms with Gasteiger partial charge in [-0.05, 0) is 0 Å². The quantitative estimate of drug-likeness (QED) is 0.0849. The Morgan fingerprint density at radius 3 is 1.66 bits per heavy atom. The lowest BCUT2D eigenvalue weighted by molar-refractivity contribution is -0.130. The molecule has 0 aromatic rings. The van der Waals surface area contributed by atoms with Crippen molar-refractivity contribution < 1.29 is 24.6 Å². The van der Waals surface area contributed by atoms with Gasteiger partial charge in [0.1, 0.15) is 18.0 Å². The SMILES string of the molecule is CC(C)C(=O)[C@@H](C)CN=C(N)N.CC(C)C(=O)[C@@H](O)CN=CN.CC(C)C(=O)[C@@H](O)CNCCN. The van der Waals surface area contributed by atoms with Gasteiger partial charge in [-0.25, -0.2) is 0 Å². The number of nitrogens with zero attached hydrogens (tertiary/aromatic N) is 2. The number of aliphatic imine (C=N–C) groups is 2. The summed E-state index contributed by atoms with van der Waals surface area (Å²) in [4.78, 5) is 40.7. The highest BCUT2D eigenvalue weighted by Gasteiger charge is 2.18. The van der Waals surface area contributed by atoms with Crippen LogP contribution in [0.15, 0.2) is 9.98 Å². The van der Waals surface area contributed by atoms with Crippen molar-refractivity contribution in [2.24, 2.45) is 56.6 Å². The first-order valence-corrected chi connectivity index (χ1v) is 11.8. The van der Waals surface area contributed by atoms with Crippen LogP contribution in [-0.2, 0) is 14.4 Å². The number of ketones is 3. The van der Waals surface area contributed by atoms with Gasteiger partial charge in [-0.3, -0.25) is 24.4 Å². The van der Waals surface area contributed by atoms with Crippen LogP contribution in [0.4, 0.5) is 0 Å². The smallest absolute Gasteiger partial charge is 0.185 e. The molecule has 0 bridgehead atoms. The molecule has 35 heavy (non-hydrogen) atoms. The number of hydrogen-bond donors (Lipinski definition) is 7. The highest BCUT2D eigenvalue weighted by Crippen LogP contribution is 2.06. The molecule has 12 heteroatoms. The second kappa shape index (κ2) is 22.1. The summed E-state index contributed by atoms with van der Waals surface area (Å²) < 4.78 is 0. The summed E-state index contributed by atoms with van der Waals surface area (Å²) in [5, 5.41) is 21.2. The van der Waals surface area contributed by atoms with Crippen LogP contribution in [0.3, 0.4) is 0 Å². The van der Waals surface area contributed by atoms with E-state index >= 15 is 0 Å². The van der Waals surface area contributed by atoms with E-state index in [1.54, 1.807) is 27.7 Å². The summed E-state index contributed by atoms with van der Waals surface area (Å²) in [6.07, 6.45) is -0.817. The number of rotatable bonds is 14. The average Bonchev–Trinajstić information content (AvgIpc) is 2.79. The van der Waals surface area contributed by atoms with Crippen LogP contribution < -0.4 is 28.3 Å². The Balaban J connectivity index is -0.000000439. The Morgan fingerprint density at radius 1 is 0.829 bits per heavy atom. The number of aliphatic hydroxyl groups excluding tert-OH is 2. The van der Waals surface area contributed by atoms with Crippen LogP contribution in [0.1, 0.15) is 48.5 Å². The predicted octanol–water partition coefficient (Wildman–Crippen LogP) is -1.20. The summed E-state index contributed by atoms with van der Waals surface area (Å²) >= 11 is 0. The Kier molecular flexibility index (Phi) is 23.4. The zero-order valence-electron chi connectivity index (χ0n) is 22.4. The van der Waals surface area contributed by atoms with E-state index in [4.69, 9.17) is 28.0 Å². The van der Waals surface area contributed by atoms with Crippen molar-refractivity contribution in [2.75, 3.05) is 32.7 Å². The molecule has 12 nitrogen and oxygen atoms in total. The minimum absolute atomic E-state index is 0.0402. The van der Waals surface area contributed by atoms with Crippen LogP contribution >= 0.6 is 0 Å². The number of guanidine groups is 1. The van der Waals surface area contributed by atoms with Crippen molar-refractivity contribution in [2.45, 2.75) is 60.7 Å². The minimum atomic E-state index is -1.00. The summed E-state index contributed by atoms with van der Waals surface area (Å²) in [5.41, 5.74) is 20.4. The molecule has 0 saturated heterocycles. The Bertz CT molecular complexity index is 648. The van der Waals surface area contributed by atoms with Gasteiger partial charge < -0.3 is 38.5 Å². The van der Waals surface area contributed by atoms with Crippen molar-refractivity contribution in [3.8, 4) is 0 Å². The topological polar surface area (TPSA) is 232 Å². The summed E-state index contributed by atoms with van der Waals surface area (Å²) in [5.74, 6) is -0.396. The lowest BCUT2D eigenvalue weighted by Crippen LogP contribution is -2.37. The van der Waals surface area contributed by atoms with Crippen LogP contribution in [0, 0.1) is 23.7 Å². The van der Waals surface area contributed by atoms with E-state index in [0.717, 1.165) is 6.34 Å². The van der Waals surface area contributed by atoms with Crippen molar-refractivity contribution in [1.82, 2.24) is 5.32 Å². The molecule has 206 valence electrons. The molecule has 0 radical (unpaired) electrons. The molecule has 0 aliphatic heterocycles. The highest BCUT2D eigenvalue weighted by atomic mass is 16.3. The first-order valence-electron chi connectivity index (χ1n) is 11.8. The second-order valence-electron chi connectivity index (χ2n) is 8.88. The Morgan fingerprint density at radius 2 is 1.29 bits per heavy atom. The van der Waals surface area contributed by atoms with E-state index in [1.807, 2.05) is 20.8 Å². The third kappa shape index (κ3) is 21.8. The molecular formula is C23H49N7O5. The number of carbonyl (C=O) groups excluding carboxylic acids is 3. The standard InChI is InChI=1S/C8H17N3O.C8H18N2O2.C7H14N2O2/c1-5(2)7(12)6(3)4-11-8(9)10;1-6(2)8(12)7(11)5-10-4-3-9;1-5(2)7(11)6(10)3-9-4-8/h5-6H,4H2,1-3H3,(H4,9,10,11);6-7,10-11H,3-5,9H2,1-2H3;4-6,10H,3H2,1-2H3,(H2,8,9)/t6-;7-;6-/m000/s1. The van der Waals surface area contributed by atoms with E-state index in [9.17, 15) is 19.5 Å². The van der Waals surface area contributed by atoms with Gasteiger partial charge in [-0.1, -0.05) is 48.5 Å². The third-order valence-corrected chi connectivity index (χ3v) is 4.44. The normalized spacial score (nSPS) is 13.4. The zero-order valence-corrected chi connectivity index (χ0v) is 22.4. The van der Waals surface area contributed by atoms with Gasteiger partial charge in [0, 0.05) is 43.3 Å². The van der Waals surface area contributed by atoms with E-state index in [2.05, 4.69) is 15.3 Å². The number of aliphatic hydroxyl groups is 2. The molecule has 0 aliphatic rings. The number of carbonyl (C=O) groups is 3. The number of nitrogens with two attached hydrogens (primary N) is 4. The Labute approximate surface area is 210 Å². The molecule has 0 amide bonds. The molecule has 0 fully saturated rings. The average molecular weight is 504 g/mol. The van der Waals surface area contributed by atoms with E-state index in [0.29, 0.717) is 26.2 Å². The van der Waals surface area contributed by atoms with Gasteiger partial charge in [-0.2, -0.15) is 0 Å². The fourth-order valence-electron chi connectivity index (χ4n) is 2.36. The van der Waals surface area contributed by atoms with E-state index < -0.39 is 12.2 Å². The highest BCUT2D eigenvalue weighted by molar-refractivity contribution is 5.85. The summed E-state index contributed by atoms with van der Waals surface area (Å²) in [6, 6.07) is 0. The van der Waals surface area contributed by atoms with Crippen molar-refractivity contribution in [3.05, 3.63) is 0 Å². The van der Waals surface area contributed by atoms with Gasteiger partial charge in [0.05, 0.1) is 19.4 Å². The number of hydrogen-bond acceptors (Lipinski definition) is 9. The molecule has 0 rings (SSSR count). The number of Topliss-reactive ketones (excluding diaryl/α,β-unsaturated/α-hetero) is 3. The lowest BCUT2D eigenvalue weighted by atomic mass is 9.97. The fourth-order valence-corrected chi connectivity index (χ4v) is 2.36. The molecular weight excluding hydrogens is 454 g/mol. The first kappa shape index (κ1) is 37.1. The van der Waals surface area contributed by atoms with Crippen LogP contribution in [-0.4, -0.2) is 84.8 Å². The van der Waals surface area contributed by atoms with Crippen LogP contribution in [0.2, 0.25) is 0 Å². The summed E-state index contributed by atoms with van der Waals surface area (Å²) in [6.45, 7) is 14.5. The summed E-state index contributed by atoms with van der Waals surface area (Å²) in [7, 11) is 0. The van der Waals surface area contributed by atoms with Gasteiger partial charge in [0.2, 0.25) is 0 Å². The molecule has 0 aromatic carbocycles.